The van der Waals surface area contributed by atoms with Crippen molar-refractivity contribution in [3.8, 4) is 0 Å². The van der Waals surface area contributed by atoms with Gasteiger partial charge in [-0.3, -0.25) is 14.5 Å². The van der Waals surface area contributed by atoms with Gasteiger partial charge in [0.1, 0.15) is 12.6 Å². The van der Waals surface area contributed by atoms with Gasteiger partial charge in [-0.25, -0.2) is 0 Å². The lowest BCUT2D eigenvalue weighted by atomic mass is 9.96. The van der Waals surface area contributed by atoms with Crippen LogP contribution in [-0.4, -0.2) is 67.5 Å². The van der Waals surface area contributed by atoms with E-state index in [0.29, 0.717) is 31.4 Å². The molecule has 1 aliphatic heterocycles. The molecule has 1 aromatic rings. The third-order valence-electron chi connectivity index (χ3n) is 6.82. The summed E-state index contributed by atoms with van der Waals surface area (Å²) in [5.41, 5.74) is 1.03. The van der Waals surface area contributed by atoms with Crippen molar-refractivity contribution in [2.24, 2.45) is 11.8 Å². The molecule has 0 radical (unpaired) electrons. The highest BCUT2D eigenvalue weighted by Crippen LogP contribution is 2.34. The number of carbonyl (C=O) groups is 2. The van der Waals surface area contributed by atoms with E-state index < -0.39 is 0 Å². The summed E-state index contributed by atoms with van der Waals surface area (Å²) in [5, 5.41) is 3.05. The number of esters is 1. The predicted octanol–water partition coefficient (Wildman–Crippen LogP) is 4.09. The molecule has 0 aromatic heterocycles. The zero-order valence-electron chi connectivity index (χ0n) is 21.2. The molecule has 2 aliphatic rings. The molecule has 1 aliphatic carbocycles. The highest BCUT2D eigenvalue weighted by molar-refractivity contribution is 5.77. The summed E-state index contributed by atoms with van der Waals surface area (Å²) < 4.78 is 5.78. The van der Waals surface area contributed by atoms with E-state index in [0.717, 1.165) is 51.0 Å². The maximum atomic E-state index is 13.2. The van der Waals surface area contributed by atoms with Crippen LogP contribution >= 0.6 is 0 Å². The lowest BCUT2D eigenvalue weighted by Gasteiger charge is -2.31. The molecule has 6 nitrogen and oxygen atoms in total. The molecular formula is C27H45N3O3. The lowest BCUT2D eigenvalue weighted by molar-refractivity contribution is -0.153. The van der Waals surface area contributed by atoms with Gasteiger partial charge < -0.3 is 15.0 Å². The number of likely N-dealkylation sites (tertiary alicyclic amines) is 1. The summed E-state index contributed by atoms with van der Waals surface area (Å²) in [5.74, 6) is 0.949. The van der Waals surface area contributed by atoms with Crippen LogP contribution in [0.4, 0.5) is 0 Å². The van der Waals surface area contributed by atoms with Crippen LogP contribution in [0.5, 0.6) is 0 Å². The van der Waals surface area contributed by atoms with Gasteiger partial charge >= 0.3 is 5.97 Å². The van der Waals surface area contributed by atoms with Crippen molar-refractivity contribution in [1.82, 2.24) is 15.1 Å². The predicted molar refractivity (Wildman–Crippen MR) is 134 cm³/mol. The smallest absolute Gasteiger partial charge is 0.323 e. The second kappa shape index (κ2) is 15.1. The van der Waals surface area contributed by atoms with E-state index in [1.54, 1.807) is 0 Å². The van der Waals surface area contributed by atoms with Crippen molar-refractivity contribution >= 4 is 11.9 Å². The lowest BCUT2D eigenvalue weighted by Crippen LogP contribution is -2.46. The summed E-state index contributed by atoms with van der Waals surface area (Å²) in [7, 11) is 1.87. The molecule has 1 saturated heterocycles. The molecule has 3 rings (SSSR count). The van der Waals surface area contributed by atoms with E-state index >= 15 is 0 Å². The molecule has 1 N–H and O–H groups in total. The van der Waals surface area contributed by atoms with Crippen molar-refractivity contribution < 1.29 is 14.3 Å². The minimum absolute atomic E-state index is 0.0751. The Labute approximate surface area is 201 Å². The molecule has 186 valence electrons. The Kier molecular flexibility index (Phi) is 12.5. The first-order valence-electron chi connectivity index (χ1n) is 13.0. The molecule has 6 heteroatoms. The molecule has 1 aromatic carbocycles. The third-order valence-corrected chi connectivity index (χ3v) is 6.82. The molecule has 0 bridgehead atoms. The average Bonchev–Trinajstić information content (AvgIpc) is 3.55. The molecule has 1 saturated carbocycles. The fourth-order valence-electron chi connectivity index (χ4n) is 5.10. The van der Waals surface area contributed by atoms with Crippen LogP contribution in [0.15, 0.2) is 30.3 Å². The topological polar surface area (TPSA) is 61.9 Å². The van der Waals surface area contributed by atoms with Gasteiger partial charge in [0.15, 0.2) is 0 Å². The van der Waals surface area contributed by atoms with Gasteiger partial charge in [-0.05, 0) is 57.2 Å². The summed E-state index contributed by atoms with van der Waals surface area (Å²) >= 11 is 0. The van der Waals surface area contributed by atoms with E-state index in [1.807, 2.05) is 63.1 Å². The number of hydrogen-bond acceptors (Lipinski definition) is 5. The number of ether oxygens (including phenoxy) is 1. The van der Waals surface area contributed by atoms with E-state index in [1.165, 1.54) is 12.8 Å². The van der Waals surface area contributed by atoms with Crippen LogP contribution < -0.4 is 5.32 Å². The Hall–Kier alpha value is -1.92. The Morgan fingerprint density at radius 2 is 1.85 bits per heavy atom. The minimum Gasteiger partial charge on any atom is -0.460 e. The van der Waals surface area contributed by atoms with Crippen molar-refractivity contribution in [3.05, 3.63) is 35.9 Å². The summed E-state index contributed by atoms with van der Waals surface area (Å²) in [6.45, 7) is 10.4. The number of rotatable bonds is 11. The van der Waals surface area contributed by atoms with E-state index in [4.69, 9.17) is 4.74 Å². The van der Waals surface area contributed by atoms with E-state index in [9.17, 15) is 9.59 Å². The summed E-state index contributed by atoms with van der Waals surface area (Å²) in [6.07, 6.45) is 6.19. The number of amides is 1. The molecule has 2 unspecified atom stereocenters. The fraction of sp³-hybridized carbons (Fsp3) is 0.704. The molecule has 2 fully saturated rings. The Balaban J connectivity index is 0.00000187. The van der Waals surface area contributed by atoms with Crippen molar-refractivity contribution in [3.63, 3.8) is 0 Å². The van der Waals surface area contributed by atoms with Gasteiger partial charge in [-0.2, -0.15) is 0 Å². The van der Waals surface area contributed by atoms with Crippen molar-refractivity contribution in [2.75, 3.05) is 39.8 Å². The Morgan fingerprint density at radius 3 is 2.48 bits per heavy atom. The zero-order valence-corrected chi connectivity index (χ0v) is 21.2. The van der Waals surface area contributed by atoms with Crippen molar-refractivity contribution in [2.45, 2.75) is 71.9 Å². The van der Waals surface area contributed by atoms with Crippen LogP contribution in [0.2, 0.25) is 0 Å². The molecular weight excluding hydrogens is 414 g/mol. The van der Waals surface area contributed by atoms with Crippen molar-refractivity contribution in [1.29, 1.82) is 0 Å². The molecule has 0 spiro atoms. The number of nitrogens with one attached hydrogen (secondary N) is 1. The normalized spacial score (nSPS) is 19.6. The zero-order chi connectivity index (χ0) is 24.1. The fourth-order valence-corrected chi connectivity index (χ4v) is 5.10. The second-order valence-electron chi connectivity index (χ2n) is 9.02. The summed E-state index contributed by atoms with van der Waals surface area (Å²) in [4.78, 5) is 30.0. The molecule has 1 amide bonds. The monoisotopic (exact) mass is 459 g/mol. The van der Waals surface area contributed by atoms with Gasteiger partial charge in [0.2, 0.25) is 5.91 Å². The highest BCUT2D eigenvalue weighted by atomic mass is 16.5. The molecule has 2 atom stereocenters. The first-order valence-corrected chi connectivity index (χ1v) is 13.0. The second-order valence-corrected chi connectivity index (χ2v) is 9.02. The molecule has 1 heterocycles. The number of hydrogen-bond donors (Lipinski definition) is 1. The van der Waals surface area contributed by atoms with Crippen LogP contribution in [-0.2, 0) is 20.9 Å². The average molecular weight is 460 g/mol. The van der Waals surface area contributed by atoms with E-state index in [-0.39, 0.29) is 17.9 Å². The minimum atomic E-state index is -0.147. The Morgan fingerprint density at radius 1 is 1.15 bits per heavy atom. The number of nitrogens with zero attached hydrogens (tertiary/aromatic N) is 2. The SMILES string of the molecule is CC.CCN(CC1CCN(C(C(=O)OCc2ccccc2)C2CCCC2)C1)C(=O)CCNC. The maximum Gasteiger partial charge on any atom is 0.323 e. The van der Waals surface area contributed by atoms with Gasteiger partial charge in [-0.15, -0.1) is 0 Å². The quantitative estimate of drug-likeness (QED) is 0.505. The third kappa shape index (κ3) is 8.42. The standard InChI is InChI=1S/C25H39N3O3.C2H6/c1-3-27(23(29)13-15-26-2)17-21-14-16-28(18-21)24(22-11-7-8-12-22)25(30)31-19-20-9-5-4-6-10-20;1-2/h4-6,9-10,21-22,24,26H,3,7-8,11-19H2,1-2H3;1-2H3. The number of benzene rings is 1. The summed E-state index contributed by atoms with van der Waals surface area (Å²) in [6, 6.07) is 9.76. The van der Waals surface area contributed by atoms with Gasteiger partial charge in [0.05, 0.1) is 0 Å². The van der Waals surface area contributed by atoms with Gasteiger partial charge in [0, 0.05) is 32.6 Å². The van der Waals surface area contributed by atoms with Crippen LogP contribution in [0, 0.1) is 11.8 Å². The van der Waals surface area contributed by atoms with Crippen LogP contribution in [0.25, 0.3) is 0 Å². The largest absolute Gasteiger partial charge is 0.460 e. The maximum absolute atomic E-state index is 13.2. The highest BCUT2D eigenvalue weighted by Gasteiger charge is 2.40. The first kappa shape index (κ1) is 27.3. The Bertz CT molecular complexity index is 691. The van der Waals surface area contributed by atoms with E-state index in [2.05, 4.69) is 10.2 Å². The number of carbonyl (C=O) groups excluding carboxylic acids is 2. The first-order chi connectivity index (χ1) is 16.1. The molecule has 33 heavy (non-hydrogen) atoms. The van der Waals surface area contributed by atoms with Gasteiger partial charge in [0.25, 0.3) is 0 Å². The van der Waals surface area contributed by atoms with Crippen LogP contribution in [0.3, 0.4) is 0 Å². The van der Waals surface area contributed by atoms with Crippen LogP contribution in [0.1, 0.15) is 64.9 Å². The van der Waals surface area contributed by atoms with Gasteiger partial charge in [-0.1, -0.05) is 57.0 Å².